The summed E-state index contributed by atoms with van der Waals surface area (Å²) in [4.78, 5) is 17.2. The number of carbonyl (C=O) groups excluding carboxylic acids is 1. The van der Waals surface area contributed by atoms with Crippen LogP contribution in [0.3, 0.4) is 0 Å². The summed E-state index contributed by atoms with van der Waals surface area (Å²) in [7, 11) is 0. The third kappa shape index (κ3) is 3.00. The van der Waals surface area contributed by atoms with E-state index in [1.165, 1.54) is 12.1 Å². The average Bonchev–Trinajstić information content (AvgIpc) is 3.11. The number of fused-ring (bicyclic) bond motifs is 1. The Morgan fingerprint density at radius 2 is 1.80 bits per heavy atom. The van der Waals surface area contributed by atoms with Gasteiger partial charge in [0.15, 0.2) is 0 Å². The van der Waals surface area contributed by atoms with Crippen LogP contribution in [0.4, 0.5) is 4.39 Å². The first-order valence-electron chi connectivity index (χ1n) is 8.60. The molecule has 1 amide bonds. The zero-order valence-electron chi connectivity index (χ0n) is 13.8. The lowest BCUT2D eigenvalue weighted by atomic mass is 9.87. The fraction of sp³-hybridized carbons (Fsp3) is 0.238. The van der Waals surface area contributed by atoms with E-state index in [0.717, 1.165) is 42.1 Å². The first-order valence-corrected chi connectivity index (χ1v) is 8.60. The number of carbonyl (C=O) groups is 1. The summed E-state index contributed by atoms with van der Waals surface area (Å²) in [5.41, 5.74) is 2.05. The van der Waals surface area contributed by atoms with E-state index < -0.39 is 5.54 Å². The van der Waals surface area contributed by atoms with E-state index in [4.69, 9.17) is 0 Å². The Kier molecular flexibility index (Phi) is 3.96. The number of hydrogen-bond donors (Lipinski definition) is 1. The van der Waals surface area contributed by atoms with Crippen molar-refractivity contribution >= 4 is 16.8 Å². The van der Waals surface area contributed by atoms with Crippen LogP contribution < -0.4 is 5.32 Å². The molecule has 25 heavy (non-hydrogen) atoms. The number of nitrogens with one attached hydrogen (secondary N) is 1. The van der Waals surface area contributed by atoms with Gasteiger partial charge in [-0.3, -0.25) is 9.78 Å². The summed E-state index contributed by atoms with van der Waals surface area (Å²) in [6, 6.07) is 15.8. The molecule has 1 N–H and O–H groups in total. The predicted molar refractivity (Wildman–Crippen MR) is 95.8 cm³/mol. The normalized spacial score (nSPS) is 16.0. The number of nitrogens with zero attached hydrogens (tertiary/aromatic N) is 1. The second-order valence-electron chi connectivity index (χ2n) is 6.66. The van der Waals surface area contributed by atoms with Crippen molar-refractivity contribution in [2.75, 3.05) is 0 Å². The third-order valence-corrected chi connectivity index (χ3v) is 5.07. The number of aromatic nitrogens is 1. The highest BCUT2D eigenvalue weighted by atomic mass is 19.1. The average molecular weight is 334 g/mol. The number of benzene rings is 2. The summed E-state index contributed by atoms with van der Waals surface area (Å²) >= 11 is 0. The van der Waals surface area contributed by atoms with Crippen molar-refractivity contribution in [3.8, 4) is 0 Å². The van der Waals surface area contributed by atoms with E-state index in [1.54, 1.807) is 24.4 Å². The summed E-state index contributed by atoms with van der Waals surface area (Å²) in [5, 5.41) is 4.17. The van der Waals surface area contributed by atoms with Crippen LogP contribution in [-0.4, -0.2) is 10.9 Å². The van der Waals surface area contributed by atoms with Crippen molar-refractivity contribution in [1.82, 2.24) is 10.3 Å². The minimum absolute atomic E-state index is 0.100. The van der Waals surface area contributed by atoms with Crippen LogP contribution in [0.25, 0.3) is 10.9 Å². The standard InChI is InChI=1S/C21H19FN2O/c22-18-8-6-17(7-9-18)21(11-1-2-12-21)24-20(25)16-5-10-19-15(14-16)4-3-13-23-19/h3-10,13-14H,1-2,11-12H2,(H,24,25). The molecule has 1 aliphatic carbocycles. The van der Waals surface area contributed by atoms with Gasteiger partial charge in [-0.05, 0) is 54.8 Å². The van der Waals surface area contributed by atoms with Gasteiger partial charge in [-0.25, -0.2) is 4.39 Å². The Bertz CT molecular complexity index is 915. The van der Waals surface area contributed by atoms with E-state index in [1.807, 2.05) is 24.3 Å². The Hall–Kier alpha value is -2.75. The Morgan fingerprint density at radius 1 is 1.04 bits per heavy atom. The van der Waals surface area contributed by atoms with Crippen LogP contribution in [0.1, 0.15) is 41.6 Å². The van der Waals surface area contributed by atoms with Gasteiger partial charge in [-0.1, -0.05) is 31.0 Å². The van der Waals surface area contributed by atoms with Crippen LogP contribution in [0.15, 0.2) is 60.8 Å². The van der Waals surface area contributed by atoms with Gasteiger partial charge in [0.1, 0.15) is 5.82 Å². The van der Waals surface area contributed by atoms with Crippen molar-refractivity contribution in [1.29, 1.82) is 0 Å². The van der Waals surface area contributed by atoms with Crippen molar-refractivity contribution in [2.45, 2.75) is 31.2 Å². The highest BCUT2D eigenvalue weighted by Crippen LogP contribution is 2.39. The monoisotopic (exact) mass is 334 g/mol. The molecular formula is C21H19FN2O. The molecule has 0 radical (unpaired) electrons. The van der Waals surface area contributed by atoms with Crippen LogP contribution in [0.2, 0.25) is 0 Å². The highest BCUT2D eigenvalue weighted by Gasteiger charge is 2.37. The molecular weight excluding hydrogens is 315 g/mol. The Morgan fingerprint density at radius 3 is 2.56 bits per heavy atom. The quantitative estimate of drug-likeness (QED) is 0.762. The number of halogens is 1. The SMILES string of the molecule is O=C(NC1(c2ccc(F)cc2)CCCC1)c1ccc2ncccc2c1. The van der Waals surface area contributed by atoms with Gasteiger partial charge >= 0.3 is 0 Å². The molecule has 1 saturated carbocycles. The second kappa shape index (κ2) is 6.28. The molecule has 1 fully saturated rings. The molecule has 1 heterocycles. The van der Waals surface area contributed by atoms with Crippen molar-refractivity contribution < 1.29 is 9.18 Å². The molecule has 0 spiro atoms. The molecule has 3 aromatic rings. The number of rotatable bonds is 3. The minimum atomic E-state index is -0.408. The number of hydrogen-bond acceptors (Lipinski definition) is 2. The summed E-state index contributed by atoms with van der Waals surface area (Å²) in [6.45, 7) is 0. The summed E-state index contributed by atoms with van der Waals surface area (Å²) in [5.74, 6) is -0.359. The lowest BCUT2D eigenvalue weighted by Gasteiger charge is -2.31. The minimum Gasteiger partial charge on any atom is -0.343 e. The van der Waals surface area contributed by atoms with Crippen LogP contribution >= 0.6 is 0 Å². The molecule has 4 rings (SSSR count). The first-order chi connectivity index (χ1) is 12.2. The van der Waals surface area contributed by atoms with Crippen LogP contribution in [0, 0.1) is 5.82 Å². The molecule has 4 heteroatoms. The van der Waals surface area contributed by atoms with Crippen LogP contribution in [0.5, 0.6) is 0 Å². The summed E-state index contributed by atoms with van der Waals surface area (Å²) < 4.78 is 13.3. The number of amides is 1. The third-order valence-electron chi connectivity index (χ3n) is 5.07. The highest BCUT2D eigenvalue weighted by molar-refractivity contribution is 5.98. The Labute approximate surface area is 145 Å². The molecule has 1 aliphatic rings. The lowest BCUT2D eigenvalue weighted by Crippen LogP contribution is -2.43. The van der Waals surface area contributed by atoms with E-state index in [-0.39, 0.29) is 11.7 Å². The van der Waals surface area contributed by atoms with Gasteiger partial charge in [-0.2, -0.15) is 0 Å². The molecule has 0 saturated heterocycles. The molecule has 0 aliphatic heterocycles. The van der Waals surface area contributed by atoms with Gasteiger partial charge in [0.05, 0.1) is 11.1 Å². The molecule has 0 unspecified atom stereocenters. The zero-order valence-corrected chi connectivity index (χ0v) is 13.8. The van der Waals surface area contributed by atoms with Crippen molar-refractivity contribution in [2.24, 2.45) is 0 Å². The molecule has 0 bridgehead atoms. The maximum Gasteiger partial charge on any atom is 0.251 e. The molecule has 1 aromatic heterocycles. The van der Waals surface area contributed by atoms with Crippen LogP contribution in [-0.2, 0) is 5.54 Å². The maximum absolute atomic E-state index is 13.3. The van der Waals surface area contributed by atoms with E-state index in [2.05, 4.69) is 10.3 Å². The van der Waals surface area contributed by atoms with Crippen molar-refractivity contribution in [3.05, 3.63) is 77.7 Å². The molecule has 126 valence electrons. The molecule has 0 atom stereocenters. The van der Waals surface area contributed by atoms with Gasteiger partial charge in [0.25, 0.3) is 5.91 Å². The van der Waals surface area contributed by atoms with Gasteiger partial charge in [-0.15, -0.1) is 0 Å². The molecule has 2 aromatic carbocycles. The van der Waals surface area contributed by atoms with Gasteiger partial charge < -0.3 is 5.32 Å². The van der Waals surface area contributed by atoms with Crippen molar-refractivity contribution in [3.63, 3.8) is 0 Å². The maximum atomic E-state index is 13.3. The van der Waals surface area contributed by atoms with E-state index in [0.29, 0.717) is 5.56 Å². The lowest BCUT2D eigenvalue weighted by molar-refractivity contribution is 0.0898. The zero-order chi connectivity index (χ0) is 17.3. The fourth-order valence-corrected chi connectivity index (χ4v) is 3.74. The van der Waals surface area contributed by atoms with Gasteiger partial charge in [0.2, 0.25) is 0 Å². The summed E-state index contributed by atoms with van der Waals surface area (Å²) in [6.07, 6.45) is 5.60. The largest absolute Gasteiger partial charge is 0.343 e. The Balaban J connectivity index is 1.65. The topological polar surface area (TPSA) is 42.0 Å². The van der Waals surface area contributed by atoms with E-state index in [9.17, 15) is 9.18 Å². The predicted octanol–water partition coefficient (Wildman–Crippen LogP) is 4.57. The van der Waals surface area contributed by atoms with Gasteiger partial charge in [0, 0.05) is 17.1 Å². The fourth-order valence-electron chi connectivity index (χ4n) is 3.74. The van der Waals surface area contributed by atoms with E-state index >= 15 is 0 Å². The molecule has 3 nitrogen and oxygen atoms in total. The first kappa shape index (κ1) is 15.8. The second-order valence-corrected chi connectivity index (χ2v) is 6.66. The smallest absolute Gasteiger partial charge is 0.251 e. The number of pyridine rings is 1.